The lowest BCUT2D eigenvalue weighted by Crippen LogP contribution is -2.16. The zero-order chi connectivity index (χ0) is 13.0. The quantitative estimate of drug-likeness (QED) is 0.724. The maximum absolute atomic E-state index is 11.5. The van der Waals surface area contributed by atoms with Crippen molar-refractivity contribution in [2.24, 2.45) is 5.92 Å². The summed E-state index contributed by atoms with van der Waals surface area (Å²) in [6, 6.07) is 1.49. The van der Waals surface area contributed by atoms with E-state index in [1.807, 2.05) is 0 Å². The number of hydrogen-bond donors (Lipinski definition) is 2. The lowest BCUT2D eigenvalue weighted by atomic mass is 10.2. The highest BCUT2D eigenvalue weighted by atomic mass is 16.5. The molecule has 1 aromatic rings. The molecule has 0 aromatic carbocycles. The van der Waals surface area contributed by atoms with E-state index in [0.29, 0.717) is 30.8 Å². The molecule has 0 unspecified atom stereocenters. The Balaban J connectivity index is 1.80. The van der Waals surface area contributed by atoms with E-state index >= 15 is 0 Å². The van der Waals surface area contributed by atoms with Gasteiger partial charge in [0, 0.05) is 25.1 Å². The minimum absolute atomic E-state index is 0.0856. The average molecular weight is 251 g/mol. The number of hydrogen-bond acceptors (Lipinski definition) is 4. The van der Waals surface area contributed by atoms with Crippen molar-refractivity contribution in [1.82, 2.24) is 9.97 Å². The number of aromatic nitrogens is 2. The molecule has 1 fully saturated rings. The summed E-state index contributed by atoms with van der Waals surface area (Å²) in [7, 11) is 0. The van der Waals surface area contributed by atoms with E-state index in [1.165, 1.54) is 6.07 Å². The highest BCUT2D eigenvalue weighted by Crippen LogP contribution is 2.37. The lowest BCUT2D eigenvalue weighted by Gasteiger charge is -2.09. The van der Waals surface area contributed by atoms with Crippen molar-refractivity contribution in [2.45, 2.75) is 32.6 Å². The van der Waals surface area contributed by atoms with Crippen molar-refractivity contribution in [3.63, 3.8) is 0 Å². The topological polar surface area (TPSA) is 67.0 Å². The molecule has 2 N–H and O–H groups in total. The Kier molecular flexibility index (Phi) is 4.36. The Morgan fingerprint density at radius 1 is 1.56 bits per heavy atom. The molecule has 0 amide bonds. The van der Waals surface area contributed by atoms with Gasteiger partial charge in [-0.15, -0.1) is 0 Å². The third-order valence-corrected chi connectivity index (χ3v) is 2.73. The lowest BCUT2D eigenvalue weighted by molar-refractivity contribution is 0.118. The fourth-order valence-corrected chi connectivity index (χ4v) is 1.69. The molecule has 1 heterocycles. The van der Waals surface area contributed by atoms with Crippen LogP contribution in [-0.2, 0) is 4.74 Å². The van der Waals surface area contributed by atoms with Crippen molar-refractivity contribution in [3.8, 4) is 0 Å². The predicted octanol–water partition coefficient (Wildman–Crippen LogP) is 1.73. The smallest absolute Gasteiger partial charge is 0.252 e. The first-order chi connectivity index (χ1) is 8.65. The molecule has 0 aliphatic heterocycles. The maximum Gasteiger partial charge on any atom is 0.252 e. The molecule has 5 heteroatoms. The van der Waals surface area contributed by atoms with Gasteiger partial charge < -0.3 is 15.0 Å². The Bertz CT molecular complexity index is 438. The van der Waals surface area contributed by atoms with Gasteiger partial charge in [-0.3, -0.25) is 4.79 Å². The largest absolute Gasteiger partial charge is 0.379 e. The van der Waals surface area contributed by atoms with Gasteiger partial charge in [0.1, 0.15) is 11.6 Å². The molecule has 1 aromatic heterocycles. The summed E-state index contributed by atoms with van der Waals surface area (Å²) in [6.07, 6.45) is 2.26. The molecule has 0 saturated heterocycles. The number of anilines is 1. The van der Waals surface area contributed by atoms with E-state index in [2.05, 4.69) is 29.1 Å². The Labute approximate surface area is 107 Å². The fourth-order valence-electron chi connectivity index (χ4n) is 1.69. The minimum atomic E-state index is -0.0856. The average Bonchev–Trinajstić information content (AvgIpc) is 3.11. The number of aromatic amines is 1. The third-order valence-electron chi connectivity index (χ3n) is 2.73. The zero-order valence-electron chi connectivity index (χ0n) is 11.0. The maximum atomic E-state index is 11.5. The second kappa shape index (κ2) is 6.00. The summed E-state index contributed by atoms with van der Waals surface area (Å²) >= 11 is 0. The summed E-state index contributed by atoms with van der Waals surface area (Å²) in [5.74, 6) is 2.46. The molecule has 2 rings (SSSR count). The molecule has 0 radical (unpaired) electrons. The fraction of sp³-hybridized carbons (Fsp3) is 0.692. The number of rotatable bonds is 7. The van der Waals surface area contributed by atoms with Crippen LogP contribution in [0.1, 0.15) is 38.4 Å². The van der Waals surface area contributed by atoms with Crippen LogP contribution in [0.4, 0.5) is 5.82 Å². The van der Waals surface area contributed by atoms with Crippen LogP contribution in [0.25, 0.3) is 0 Å². The van der Waals surface area contributed by atoms with Gasteiger partial charge in [0.15, 0.2) is 0 Å². The van der Waals surface area contributed by atoms with Crippen molar-refractivity contribution in [1.29, 1.82) is 0 Å². The molecule has 1 aliphatic carbocycles. The van der Waals surface area contributed by atoms with Crippen molar-refractivity contribution in [2.75, 3.05) is 25.1 Å². The molecule has 0 atom stereocenters. The van der Waals surface area contributed by atoms with Crippen LogP contribution < -0.4 is 10.9 Å². The Morgan fingerprint density at radius 2 is 2.33 bits per heavy atom. The van der Waals surface area contributed by atoms with Gasteiger partial charge in [-0.25, -0.2) is 4.98 Å². The van der Waals surface area contributed by atoms with Crippen LogP contribution in [0.2, 0.25) is 0 Å². The molecule has 0 spiro atoms. The zero-order valence-corrected chi connectivity index (χ0v) is 11.0. The first-order valence-corrected chi connectivity index (χ1v) is 6.58. The van der Waals surface area contributed by atoms with E-state index in [0.717, 1.165) is 25.3 Å². The van der Waals surface area contributed by atoms with Gasteiger partial charge in [-0.2, -0.15) is 0 Å². The summed E-state index contributed by atoms with van der Waals surface area (Å²) in [5, 5.41) is 3.13. The minimum Gasteiger partial charge on any atom is -0.379 e. The van der Waals surface area contributed by atoms with Crippen LogP contribution in [-0.4, -0.2) is 29.7 Å². The van der Waals surface area contributed by atoms with Crippen LogP contribution in [0.5, 0.6) is 0 Å². The number of ether oxygens (including phenoxy) is 1. The second-order valence-corrected chi connectivity index (χ2v) is 5.19. The van der Waals surface area contributed by atoms with Gasteiger partial charge in [-0.05, 0) is 18.8 Å². The molecule has 5 nitrogen and oxygen atoms in total. The molecular weight excluding hydrogens is 230 g/mol. The van der Waals surface area contributed by atoms with Crippen LogP contribution in [0.15, 0.2) is 10.9 Å². The van der Waals surface area contributed by atoms with Crippen molar-refractivity contribution in [3.05, 3.63) is 22.2 Å². The summed E-state index contributed by atoms with van der Waals surface area (Å²) in [4.78, 5) is 18.6. The van der Waals surface area contributed by atoms with Crippen LogP contribution >= 0.6 is 0 Å². The Hall–Kier alpha value is -1.36. The molecular formula is C13H21N3O2. The summed E-state index contributed by atoms with van der Waals surface area (Å²) < 4.78 is 5.46. The van der Waals surface area contributed by atoms with E-state index in [-0.39, 0.29) is 5.56 Å². The monoisotopic (exact) mass is 251 g/mol. The van der Waals surface area contributed by atoms with E-state index in [1.54, 1.807) is 0 Å². The van der Waals surface area contributed by atoms with E-state index in [9.17, 15) is 4.79 Å². The molecule has 18 heavy (non-hydrogen) atoms. The molecule has 1 aliphatic rings. The van der Waals surface area contributed by atoms with Crippen LogP contribution in [0, 0.1) is 5.92 Å². The predicted molar refractivity (Wildman–Crippen MR) is 71.0 cm³/mol. The van der Waals surface area contributed by atoms with Crippen molar-refractivity contribution < 1.29 is 4.74 Å². The third kappa shape index (κ3) is 4.14. The number of nitrogens with one attached hydrogen (secondary N) is 2. The number of nitrogens with zero attached hydrogens (tertiary/aromatic N) is 1. The van der Waals surface area contributed by atoms with Gasteiger partial charge in [-0.1, -0.05) is 13.8 Å². The van der Waals surface area contributed by atoms with Crippen molar-refractivity contribution >= 4 is 5.82 Å². The molecule has 1 saturated carbocycles. The normalized spacial score (nSPS) is 15.1. The highest BCUT2D eigenvalue weighted by molar-refractivity contribution is 5.33. The summed E-state index contributed by atoms with van der Waals surface area (Å²) in [6.45, 7) is 6.30. The molecule has 0 bridgehead atoms. The summed E-state index contributed by atoms with van der Waals surface area (Å²) in [5.41, 5.74) is -0.0856. The first kappa shape index (κ1) is 13.1. The van der Waals surface area contributed by atoms with Gasteiger partial charge in [0.25, 0.3) is 5.56 Å². The SMILES string of the molecule is CC(C)COCCNc1cc(=O)[nH]c(C2CC2)n1. The standard InChI is InChI=1S/C13H21N3O2/c1-9(2)8-18-6-5-14-11-7-12(17)16-13(15-11)10-3-4-10/h7,9-10H,3-6,8H2,1-2H3,(H2,14,15,16,17). The highest BCUT2D eigenvalue weighted by Gasteiger charge is 2.26. The second-order valence-electron chi connectivity index (χ2n) is 5.19. The van der Waals surface area contributed by atoms with Gasteiger partial charge >= 0.3 is 0 Å². The van der Waals surface area contributed by atoms with E-state index < -0.39 is 0 Å². The first-order valence-electron chi connectivity index (χ1n) is 6.58. The number of H-pyrrole nitrogens is 1. The molecule has 100 valence electrons. The van der Waals surface area contributed by atoms with Gasteiger partial charge in [0.2, 0.25) is 0 Å². The Morgan fingerprint density at radius 3 is 3.00 bits per heavy atom. The van der Waals surface area contributed by atoms with Crippen LogP contribution in [0.3, 0.4) is 0 Å². The van der Waals surface area contributed by atoms with Gasteiger partial charge in [0.05, 0.1) is 6.61 Å². The van der Waals surface area contributed by atoms with E-state index in [4.69, 9.17) is 4.74 Å².